The Bertz CT molecular complexity index is 499. The third-order valence-electron chi connectivity index (χ3n) is 2.48. The molecule has 0 aromatic carbocycles. The molecule has 0 saturated heterocycles. The van der Waals surface area contributed by atoms with E-state index in [0.29, 0.717) is 5.69 Å². The summed E-state index contributed by atoms with van der Waals surface area (Å²) in [5, 5.41) is 17.7. The van der Waals surface area contributed by atoms with E-state index in [9.17, 15) is 14.4 Å². The fourth-order valence-corrected chi connectivity index (χ4v) is 1.48. The van der Waals surface area contributed by atoms with Crippen molar-refractivity contribution in [3.05, 3.63) is 18.0 Å². The summed E-state index contributed by atoms with van der Waals surface area (Å²) in [5.74, 6) is -1.84. The molecule has 9 nitrogen and oxygen atoms in total. The fourth-order valence-electron chi connectivity index (χ4n) is 1.48. The molecule has 1 aromatic rings. The van der Waals surface area contributed by atoms with Gasteiger partial charge in [-0.2, -0.15) is 5.10 Å². The van der Waals surface area contributed by atoms with Gasteiger partial charge in [-0.25, -0.2) is 9.59 Å². The Morgan fingerprint density at radius 2 is 2.20 bits per heavy atom. The van der Waals surface area contributed by atoms with Gasteiger partial charge >= 0.3 is 12.0 Å². The molecule has 1 rings (SSSR count). The minimum atomic E-state index is -1.22. The molecule has 0 aliphatic heterocycles. The van der Waals surface area contributed by atoms with Crippen molar-refractivity contribution in [2.75, 3.05) is 0 Å². The molecule has 3 amide bonds. The first-order chi connectivity index (χ1) is 9.38. The number of aryl methyl sites for hydroxylation is 1. The number of carboxylic acids is 1. The molecule has 9 heteroatoms. The predicted molar refractivity (Wildman–Crippen MR) is 68.4 cm³/mol. The molecule has 0 aliphatic carbocycles. The van der Waals surface area contributed by atoms with Crippen molar-refractivity contribution in [2.45, 2.75) is 25.4 Å². The maximum absolute atomic E-state index is 11.5. The summed E-state index contributed by atoms with van der Waals surface area (Å²) in [4.78, 5) is 33.1. The van der Waals surface area contributed by atoms with Gasteiger partial charge < -0.3 is 21.5 Å². The highest BCUT2D eigenvalue weighted by Gasteiger charge is 2.20. The van der Waals surface area contributed by atoms with E-state index in [1.54, 1.807) is 24.0 Å². The molecule has 1 atom stereocenters. The Labute approximate surface area is 115 Å². The summed E-state index contributed by atoms with van der Waals surface area (Å²) >= 11 is 0. The smallest absolute Gasteiger partial charge is 0.326 e. The zero-order valence-corrected chi connectivity index (χ0v) is 11.0. The van der Waals surface area contributed by atoms with Gasteiger partial charge in [-0.05, 0) is 12.5 Å². The maximum Gasteiger partial charge on any atom is 0.326 e. The van der Waals surface area contributed by atoms with Crippen LogP contribution in [0.1, 0.15) is 18.5 Å². The third-order valence-corrected chi connectivity index (χ3v) is 2.48. The normalized spacial score (nSPS) is 11.7. The van der Waals surface area contributed by atoms with Gasteiger partial charge in [-0.1, -0.05) is 0 Å². The number of carboxylic acid groups (broad SMARTS) is 1. The van der Waals surface area contributed by atoms with E-state index in [1.165, 1.54) is 0 Å². The van der Waals surface area contributed by atoms with Gasteiger partial charge in [0.1, 0.15) is 6.04 Å². The first-order valence-corrected chi connectivity index (χ1v) is 5.92. The van der Waals surface area contributed by atoms with Crippen LogP contribution in [0.15, 0.2) is 12.3 Å². The first kappa shape index (κ1) is 15.5. The van der Waals surface area contributed by atoms with E-state index in [0.717, 1.165) is 0 Å². The van der Waals surface area contributed by atoms with E-state index in [1.807, 2.05) is 0 Å². The SMILES string of the molecule is Cn1ccc(CNC(=O)N[C@@H](CCC(N)=O)C(=O)O)n1. The van der Waals surface area contributed by atoms with E-state index >= 15 is 0 Å². The van der Waals surface area contributed by atoms with Crippen molar-refractivity contribution in [3.63, 3.8) is 0 Å². The van der Waals surface area contributed by atoms with Gasteiger partial charge in [0.15, 0.2) is 0 Å². The largest absolute Gasteiger partial charge is 0.480 e. The van der Waals surface area contributed by atoms with Crippen LogP contribution in [-0.4, -0.2) is 38.8 Å². The molecule has 5 N–H and O–H groups in total. The van der Waals surface area contributed by atoms with E-state index in [-0.39, 0.29) is 19.4 Å². The first-order valence-electron chi connectivity index (χ1n) is 5.92. The molecule has 0 unspecified atom stereocenters. The standard InChI is InChI=1S/C11H17N5O4/c1-16-5-4-7(15-16)6-13-11(20)14-8(10(18)19)2-3-9(12)17/h4-5,8H,2-3,6H2,1H3,(H2,12,17)(H,18,19)(H2,13,14,20)/t8-/m0/s1. The maximum atomic E-state index is 11.5. The molecule has 110 valence electrons. The highest BCUT2D eigenvalue weighted by molar-refractivity contribution is 5.83. The minimum Gasteiger partial charge on any atom is -0.480 e. The van der Waals surface area contributed by atoms with Crippen LogP contribution >= 0.6 is 0 Å². The monoisotopic (exact) mass is 283 g/mol. The van der Waals surface area contributed by atoms with Crippen LogP contribution in [-0.2, 0) is 23.2 Å². The fraction of sp³-hybridized carbons (Fsp3) is 0.455. The number of carbonyl (C=O) groups is 3. The van der Waals surface area contributed by atoms with Crippen LogP contribution < -0.4 is 16.4 Å². The van der Waals surface area contributed by atoms with Gasteiger partial charge in [-0.3, -0.25) is 9.48 Å². The number of carbonyl (C=O) groups excluding carboxylic acids is 2. The Hall–Kier alpha value is -2.58. The molecule has 0 fully saturated rings. The number of primary amides is 1. The summed E-state index contributed by atoms with van der Waals surface area (Å²) in [5.41, 5.74) is 5.58. The van der Waals surface area contributed by atoms with Gasteiger partial charge in [0.05, 0.1) is 12.2 Å². The van der Waals surface area contributed by atoms with Crippen molar-refractivity contribution in [3.8, 4) is 0 Å². The van der Waals surface area contributed by atoms with E-state index < -0.39 is 23.9 Å². The Morgan fingerprint density at radius 1 is 1.50 bits per heavy atom. The second-order valence-electron chi connectivity index (χ2n) is 4.20. The van der Waals surface area contributed by atoms with E-state index in [4.69, 9.17) is 10.8 Å². The van der Waals surface area contributed by atoms with Crippen LogP contribution in [0, 0.1) is 0 Å². The topological polar surface area (TPSA) is 139 Å². The zero-order valence-electron chi connectivity index (χ0n) is 11.0. The second kappa shape index (κ2) is 7.12. The molecule has 0 saturated carbocycles. The summed E-state index contributed by atoms with van der Waals surface area (Å²) in [6, 6.07) is -0.0825. The average Bonchev–Trinajstić information content (AvgIpc) is 2.77. The Balaban J connectivity index is 2.41. The van der Waals surface area contributed by atoms with Crippen LogP contribution in [0.5, 0.6) is 0 Å². The summed E-state index contributed by atoms with van der Waals surface area (Å²) in [6.07, 6.45) is 1.56. The van der Waals surface area contributed by atoms with Crippen LogP contribution in [0.25, 0.3) is 0 Å². The number of amides is 3. The highest BCUT2D eigenvalue weighted by Crippen LogP contribution is 1.98. The second-order valence-corrected chi connectivity index (χ2v) is 4.20. The lowest BCUT2D eigenvalue weighted by atomic mass is 10.1. The lowest BCUT2D eigenvalue weighted by Crippen LogP contribution is -2.46. The number of hydrogen-bond acceptors (Lipinski definition) is 4. The van der Waals surface area contributed by atoms with Crippen molar-refractivity contribution in [1.82, 2.24) is 20.4 Å². The molecule has 0 spiro atoms. The van der Waals surface area contributed by atoms with Crippen LogP contribution in [0.4, 0.5) is 4.79 Å². The third kappa shape index (κ3) is 5.38. The molecule has 0 aliphatic rings. The number of urea groups is 1. The predicted octanol–water partition coefficient (Wildman–Crippen LogP) is -1.06. The van der Waals surface area contributed by atoms with Crippen LogP contribution in [0.2, 0.25) is 0 Å². The number of aliphatic carboxylic acids is 1. The van der Waals surface area contributed by atoms with Crippen LogP contribution in [0.3, 0.4) is 0 Å². The summed E-state index contributed by atoms with van der Waals surface area (Å²) in [6.45, 7) is 0.175. The Kier molecular flexibility index (Phi) is 5.51. The lowest BCUT2D eigenvalue weighted by Gasteiger charge is -2.14. The highest BCUT2D eigenvalue weighted by atomic mass is 16.4. The molecule has 20 heavy (non-hydrogen) atoms. The van der Waals surface area contributed by atoms with Gasteiger partial charge in [0, 0.05) is 19.7 Å². The van der Waals surface area contributed by atoms with Gasteiger partial charge in [0.2, 0.25) is 5.91 Å². The molecule has 0 radical (unpaired) electrons. The van der Waals surface area contributed by atoms with Crippen molar-refractivity contribution in [1.29, 1.82) is 0 Å². The number of rotatable bonds is 7. The number of hydrogen-bond donors (Lipinski definition) is 4. The molecule has 1 aromatic heterocycles. The van der Waals surface area contributed by atoms with E-state index in [2.05, 4.69) is 15.7 Å². The molecular weight excluding hydrogens is 266 g/mol. The number of nitrogens with zero attached hydrogens (tertiary/aromatic N) is 2. The van der Waals surface area contributed by atoms with Crippen molar-refractivity contribution < 1.29 is 19.5 Å². The lowest BCUT2D eigenvalue weighted by molar-refractivity contribution is -0.139. The molecule has 1 heterocycles. The summed E-state index contributed by atoms with van der Waals surface area (Å²) in [7, 11) is 1.74. The number of nitrogens with one attached hydrogen (secondary N) is 2. The number of aromatic nitrogens is 2. The minimum absolute atomic E-state index is 0.0539. The average molecular weight is 283 g/mol. The van der Waals surface area contributed by atoms with Gasteiger partial charge in [-0.15, -0.1) is 0 Å². The zero-order chi connectivity index (χ0) is 15.1. The Morgan fingerprint density at radius 3 is 2.70 bits per heavy atom. The van der Waals surface area contributed by atoms with Gasteiger partial charge in [0.25, 0.3) is 0 Å². The van der Waals surface area contributed by atoms with Crippen molar-refractivity contribution in [2.24, 2.45) is 12.8 Å². The summed E-state index contributed by atoms with van der Waals surface area (Å²) < 4.78 is 1.59. The number of nitrogens with two attached hydrogens (primary N) is 1. The quantitative estimate of drug-likeness (QED) is 0.505. The molecular formula is C11H17N5O4. The van der Waals surface area contributed by atoms with Crippen molar-refractivity contribution >= 4 is 17.9 Å². The molecule has 0 bridgehead atoms.